The molecule has 0 aliphatic heterocycles. The molecule has 0 spiro atoms. The molecular formula is C23H28N2O4. The van der Waals surface area contributed by atoms with Crippen LogP contribution in [0.4, 0.5) is 0 Å². The molecular weight excluding hydrogens is 368 g/mol. The molecule has 1 amide bonds. The van der Waals surface area contributed by atoms with Crippen LogP contribution in [0.3, 0.4) is 0 Å². The quantitative estimate of drug-likeness (QED) is 0.611. The number of nitrogens with zero attached hydrogens (tertiary/aromatic N) is 1. The van der Waals surface area contributed by atoms with Gasteiger partial charge >= 0.3 is 0 Å². The minimum Gasteiger partial charge on any atom is -0.493 e. The van der Waals surface area contributed by atoms with Crippen molar-refractivity contribution in [2.45, 2.75) is 39.7 Å². The van der Waals surface area contributed by atoms with E-state index in [9.17, 15) is 4.79 Å². The SMILES string of the molecule is COc1ccc(CNC(=O)CC#N)cc1OCCOc1cc(C)ccc1C(C)C. The van der Waals surface area contributed by atoms with E-state index in [0.717, 1.165) is 16.9 Å². The number of benzene rings is 2. The van der Waals surface area contributed by atoms with Gasteiger partial charge in [0.25, 0.3) is 0 Å². The third-order valence-electron chi connectivity index (χ3n) is 4.35. The van der Waals surface area contributed by atoms with E-state index in [0.29, 0.717) is 37.2 Å². The molecule has 0 saturated heterocycles. The summed E-state index contributed by atoms with van der Waals surface area (Å²) < 4.78 is 17.2. The third kappa shape index (κ3) is 6.72. The van der Waals surface area contributed by atoms with E-state index >= 15 is 0 Å². The van der Waals surface area contributed by atoms with Gasteiger partial charge in [0.2, 0.25) is 5.91 Å². The van der Waals surface area contributed by atoms with Crippen LogP contribution in [0.1, 0.15) is 42.9 Å². The maximum Gasteiger partial charge on any atom is 0.234 e. The number of amides is 1. The highest BCUT2D eigenvalue weighted by atomic mass is 16.5. The maximum atomic E-state index is 11.5. The van der Waals surface area contributed by atoms with E-state index in [-0.39, 0.29) is 12.3 Å². The van der Waals surface area contributed by atoms with Crippen molar-refractivity contribution in [1.29, 1.82) is 5.26 Å². The summed E-state index contributed by atoms with van der Waals surface area (Å²) in [5.74, 6) is 2.13. The summed E-state index contributed by atoms with van der Waals surface area (Å²) in [5, 5.41) is 11.2. The van der Waals surface area contributed by atoms with Gasteiger partial charge in [-0.25, -0.2) is 0 Å². The van der Waals surface area contributed by atoms with Crippen LogP contribution in [0.2, 0.25) is 0 Å². The Morgan fingerprint density at radius 3 is 2.45 bits per heavy atom. The Balaban J connectivity index is 1.96. The minimum absolute atomic E-state index is 0.159. The zero-order valence-electron chi connectivity index (χ0n) is 17.5. The van der Waals surface area contributed by atoms with Gasteiger partial charge in [-0.05, 0) is 47.7 Å². The topological polar surface area (TPSA) is 80.6 Å². The van der Waals surface area contributed by atoms with Gasteiger partial charge in [-0.1, -0.05) is 32.0 Å². The van der Waals surface area contributed by atoms with E-state index in [1.54, 1.807) is 13.2 Å². The summed E-state index contributed by atoms with van der Waals surface area (Å²) in [6, 6.07) is 13.5. The fraction of sp³-hybridized carbons (Fsp3) is 0.391. The van der Waals surface area contributed by atoms with Gasteiger partial charge in [0.15, 0.2) is 11.5 Å². The molecule has 2 rings (SSSR count). The molecule has 154 valence electrons. The fourth-order valence-electron chi connectivity index (χ4n) is 2.83. The van der Waals surface area contributed by atoms with Crippen molar-refractivity contribution >= 4 is 5.91 Å². The number of aryl methyl sites for hydroxylation is 1. The Morgan fingerprint density at radius 2 is 1.79 bits per heavy atom. The number of nitriles is 1. The molecule has 6 heteroatoms. The predicted octanol–water partition coefficient (Wildman–Crippen LogP) is 4.11. The third-order valence-corrected chi connectivity index (χ3v) is 4.35. The molecule has 1 N–H and O–H groups in total. The lowest BCUT2D eigenvalue weighted by Gasteiger charge is -2.16. The second kappa shape index (κ2) is 11.0. The van der Waals surface area contributed by atoms with Crippen molar-refractivity contribution < 1.29 is 19.0 Å². The van der Waals surface area contributed by atoms with Crippen molar-refractivity contribution in [3.63, 3.8) is 0 Å². The first-order valence-electron chi connectivity index (χ1n) is 9.61. The molecule has 0 saturated carbocycles. The molecule has 0 bridgehead atoms. The Bertz CT molecular complexity index is 872. The molecule has 2 aromatic carbocycles. The van der Waals surface area contributed by atoms with E-state index < -0.39 is 0 Å². The molecule has 0 aromatic heterocycles. The number of carbonyl (C=O) groups excluding carboxylic acids is 1. The number of hydrogen-bond acceptors (Lipinski definition) is 5. The molecule has 0 heterocycles. The number of hydrogen-bond donors (Lipinski definition) is 1. The molecule has 0 unspecified atom stereocenters. The van der Waals surface area contributed by atoms with Gasteiger partial charge in [0.05, 0.1) is 13.2 Å². The van der Waals surface area contributed by atoms with E-state index in [4.69, 9.17) is 19.5 Å². The summed E-state index contributed by atoms with van der Waals surface area (Å²) in [5.41, 5.74) is 3.18. The standard InChI is InChI=1S/C23H28N2O4/c1-16(2)19-7-5-17(3)13-21(19)28-11-12-29-22-14-18(6-8-20(22)27-4)15-25-23(26)9-10-24/h5-8,13-14,16H,9,11-12,15H2,1-4H3,(H,25,26). The van der Waals surface area contributed by atoms with Crippen LogP contribution in [0.25, 0.3) is 0 Å². The number of nitrogens with one attached hydrogen (secondary N) is 1. The van der Waals surface area contributed by atoms with E-state index in [1.807, 2.05) is 31.2 Å². The Kier molecular flexibility index (Phi) is 8.35. The van der Waals surface area contributed by atoms with Crippen molar-refractivity contribution in [2.75, 3.05) is 20.3 Å². The zero-order valence-corrected chi connectivity index (χ0v) is 17.5. The van der Waals surface area contributed by atoms with Gasteiger partial charge in [0.1, 0.15) is 25.4 Å². The van der Waals surface area contributed by atoms with Crippen LogP contribution in [0, 0.1) is 18.3 Å². The number of methoxy groups -OCH3 is 1. The summed E-state index contributed by atoms with van der Waals surface area (Å²) in [6.07, 6.45) is -0.159. The van der Waals surface area contributed by atoms with Crippen LogP contribution in [-0.4, -0.2) is 26.2 Å². The van der Waals surface area contributed by atoms with Crippen LogP contribution in [0.5, 0.6) is 17.2 Å². The minimum atomic E-state index is -0.307. The molecule has 29 heavy (non-hydrogen) atoms. The normalized spacial score (nSPS) is 10.3. The van der Waals surface area contributed by atoms with Gasteiger partial charge in [-0.15, -0.1) is 0 Å². The van der Waals surface area contributed by atoms with Crippen LogP contribution >= 0.6 is 0 Å². The fourth-order valence-corrected chi connectivity index (χ4v) is 2.83. The summed E-state index contributed by atoms with van der Waals surface area (Å²) in [4.78, 5) is 11.5. The second-order valence-electron chi connectivity index (χ2n) is 6.99. The highest BCUT2D eigenvalue weighted by Crippen LogP contribution is 2.29. The largest absolute Gasteiger partial charge is 0.493 e. The van der Waals surface area contributed by atoms with Gasteiger partial charge in [0, 0.05) is 6.54 Å². The van der Waals surface area contributed by atoms with Gasteiger partial charge < -0.3 is 19.5 Å². The smallest absolute Gasteiger partial charge is 0.234 e. The van der Waals surface area contributed by atoms with Crippen LogP contribution in [-0.2, 0) is 11.3 Å². The lowest BCUT2D eigenvalue weighted by atomic mass is 10.0. The van der Waals surface area contributed by atoms with E-state index in [1.165, 1.54) is 5.56 Å². The first kappa shape index (κ1) is 22.1. The van der Waals surface area contributed by atoms with Crippen molar-refractivity contribution in [3.8, 4) is 23.3 Å². The first-order valence-corrected chi connectivity index (χ1v) is 9.61. The Labute approximate surface area is 172 Å². The second-order valence-corrected chi connectivity index (χ2v) is 6.99. The van der Waals surface area contributed by atoms with Gasteiger partial charge in [-0.3, -0.25) is 4.79 Å². The Morgan fingerprint density at radius 1 is 1.07 bits per heavy atom. The molecule has 0 atom stereocenters. The Hall–Kier alpha value is -3.20. The van der Waals surface area contributed by atoms with Crippen molar-refractivity contribution in [2.24, 2.45) is 0 Å². The lowest BCUT2D eigenvalue weighted by molar-refractivity contribution is -0.120. The number of ether oxygens (including phenoxy) is 3. The van der Waals surface area contributed by atoms with Crippen molar-refractivity contribution in [3.05, 3.63) is 53.1 Å². The molecule has 0 aliphatic rings. The monoisotopic (exact) mass is 396 g/mol. The lowest BCUT2D eigenvalue weighted by Crippen LogP contribution is -2.21. The van der Waals surface area contributed by atoms with Crippen molar-refractivity contribution in [1.82, 2.24) is 5.32 Å². The maximum absolute atomic E-state index is 11.5. The molecule has 6 nitrogen and oxygen atoms in total. The predicted molar refractivity (Wildman–Crippen MR) is 111 cm³/mol. The first-order chi connectivity index (χ1) is 13.9. The summed E-state index contributed by atoms with van der Waals surface area (Å²) >= 11 is 0. The molecule has 0 aliphatic carbocycles. The summed E-state index contributed by atoms with van der Waals surface area (Å²) in [7, 11) is 1.58. The average molecular weight is 396 g/mol. The van der Waals surface area contributed by atoms with E-state index in [2.05, 4.69) is 31.3 Å². The summed E-state index contributed by atoms with van der Waals surface area (Å²) in [6.45, 7) is 7.39. The highest BCUT2D eigenvalue weighted by molar-refractivity contribution is 5.77. The van der Waals surface area contributed by atoms with Crippen LogP contribution in [0.15, 0.2) is 36.4 Å². The molecule has 0 fully saturated rings. The number of carbonyl (C=O) groups is 1. The highest BCUT2D eigenvalue weighted by Gasteiger charge is 2.10. The van der Waals surface area contributed by atoms with Gasteiger partial charge in [-0.2, -0.15) is 5.26 Å². The average Bonchev–Trinajstić information content (AvgIpc) is 2.69. The zero-order chi connectivity index (χ0) is 21.2. The molecule has 2 aromatic rings. The van der Waals surface area contributed by atoms with Crippen LogP contribution < -0.4 is 19.5 Å². The number of rotatable bonds is 10. The molecule has 0 radical (unpaired) electrons.